The summed E-state index contributed by atoms with van der Waals surface area (Å²) in [6.45, 7) is 1.02. The normalized spacial score (nSPS) is 14.5. The summed E-state index contributed by atoms with van der Waals surface area (Å²) in [6.07, 6.45) is 10.3. The molecule has 0 saturated carbocycles. The third-order valence-electron chi connectivity index (χ3n) is 3.88. The number of nitrogens with zero attached hydrogens (tertiary/aromatic N) is 3. The van der Waals surface area contributed by atoms with Gasteiger partial charge in [-0.1, -0.05) is 24.3 Å². The molecule has 0 aliphatic carbocycles. The van der Waals surface area contributed by atoms with Crippen LogP contribution in [0.1, 0.15) is 36.8 Å². The van der Waals surface area contributed by atoms with E-state index in [4.69, 9.17) is 0 Å². The monoisotopic (exact) mass is 296 g/mol. The van der Waals surface area contributed by atoms with E-state index in [1.54, 1.807) is 0 Å². The lowest BCUT2D eigenvalue weighted by Gasteiger charge is -2.12. The number of carbonyl (C=O) groups excluding carboxylic acids is 1. The molecule has 0 saturated heterocycles. The molecule has 2 heterocycles. The van der Waals surface area contributed by atoms with Crippen LogP contribution in [0, 0.1) is 0 Å². The lowest BCUT2D eigenvalue weighted by molar-refractivity contribution is -0.121. The van der Waals surface area contributed by atoms with Crippen molar-refractivity contribution in [3.63, 3.8) is 0 Å². The minimum Gasteiger partial charge on any atom is -0.337 e. The van der Waals surface area contributed by atoms with Crippen molar-refractivity contribution < 1.29 is 4.79 Å². The lowest BCUT2D eigenvalue weighted by atomic mass is 10.0. The van der Waals surface area contributed by atoms with Gasteiger partial charge >= 0.3 is 0 Å². The van der Waals surface area contributed by atoms with E-state index in [2.05, 4.69) is 44.3 Å². The highest BCUT2D eigenvalue weighted by molar-refractivity contribution is 6.04. The van der Waals surface area contributed by atoms with Crippen LogP contribution in [0.25, 0.3) is 0 Å². The number of hydrogen-bond donors (Lipinski definition) is 1. The van der Waals surface area contributed by atoms with Gasteiger partial charge in [0.2, 0.25) is 5.91 Å². The second-order valence-electron chi connectivity index (χ2n) is 5.55. The van der Waals surface area contributed by atoms with Gasteiger partial charge < -0.3 is 4.57 Å². The van der Waals surface area contributed by atoms with Crippen LogP contribution in [0.2, 0.25) is 0 Å². The molecule has 0 atom stereocenters. The van der Waals surface area contributed by atoms with Gasteiger partial charge in [0.15, 0.2) is 0 Å². The fourth-order valence-electron chi connectivity index (χ4n) is 2.59. The Balaban J connectivity index is 1.48. The summed E-state index contributed by atoms with van der Waals surface area (Å²) in [4.78, 5) is 15.1. The smallest absolute Gasteiger partial charge is 0.240 e. The number of aromatic nitrogens is 2. The number of carbonyl (C=O) groups is 1. The maximum Gasteiger partial charge on any atom is 0.240 e. The average molecular weight is 296 g/mol. The van der Waals surface area contributed by atoms with E-state index < -0.39 is 0 Å². The van der Waals surface area contributed by atoms with Crippen molar-refractivity contribution in [1.29, 1.82) is 0 Å². The Morgan fingerprint density at radius 2 is 2.00 bits per heavy atom. The average Bonchev–Trinajstić information content (AvgIpc) is 3.06. The summed E-state index contributed by atoms with van der Waals surface area (Å²) >= 11 is 0. The summed E-state index contributed by atoms with van der Waals surface area (Å²) < 4.78 is 2.11. The number of rotatable bonds is 6. The van der Waals surface area contributed by atoms with Crippen molar-refractivity contribution in [2.24, 2.45) is 5.10 Å². The molecule has 0 bridgehead atoms. The van der Waals surface area contributed by atoms with Gasteiger partial charge in [-0.2, -0.15) is 5.10 Å². The molecule has 0 fully saturated rings. The molecule has 0 radical (unpaired) electrons. The number of aryl methyl sites for hydroxylation is 2. The molecule has 1 aromatic carbocycles. The zero-order chi connectivity index (χ0) is 15.2. The number of hydrazone groups is 1. The van der Waals surface area contributed by atoms with E-state index >= 15 is 0 Å². The molecule has 1 aliphatic rings. The molecule has 0 unspecified atom stereocenters. The van der Waals surface area contributed by atoms with E-state index in [1.165, 1.54) is 5.56 Å². The van der Waals surface area contributed by atoms with Gasteiger partial charge in [0.25, 0.3) is 0 Å². The predicted octanol–water partition coefficient (Wildman–Crippen LogP) is 2.52. The Morgan fingerprint density at radius 1 is 1.14 bits per heavy atom. The van der Waals surface area contributed by atoms with Crippen molar-refractivity contribution in [1.82, 2.24) is 15.0 Å². The SMILES string of the molecule is O=C1CCC(c2ccc(CCCCn3ccnc3)cc2)=NN1. The zero-order valence-corrected chi connectivity index (χ0v) is 12.5. The third-order valence-corrected chi connectivity index (χ3v) is 3.88. The number of benzene rings is 1. The summed E-state index contributed by atoms with van der Waals surface area (Å²) in [7, 11) is 0. The van der Waals surface area contributed by atoms with E-state index in [0.717, 1.165) is 43.5 Å². The fourth-order valence-corrected chi connectivity index (χ4v) is 2.59. The van der Waals surface area contributed by atoms with Crippen molar-refractivity contribution >= 4 is 11.6 Å². The minimum absolute atomic E-state index is 0.00161. The van der Waals surface area contributed by atoms with Gasteiger partial charge in [-0.05, 0) is 30.4 Å². The van der Waals surface area contributed by atoms with Gasteiger partial charge in [0.05, 0.1) is 12.0 Å². The van der Waals surface area contributed by atoms with Crippen molar-refractivity contribution in [3.05, 3.63) is 54.1 Å². The van der Waals surface area contributed by atoms with Crippen LogP contribution < -0.4 is 5.43 Å². The van der Waals surface area contributed by atoms with Crippen molar-refractivity contribution in [2.45, 2.75) is 38.6 Å². The topological polar surface area (TPSA) is 59.3 Å². The van der Waals surface area contributed by atoms with Crippen LogP contribution >= 0.6 is 0 Å². The number of nitrogens with one attached hydrogen (secondary N) is 1. The van der Waals surface area contributed by atoms with Crippen LogP contribution in [0.3, 0.4) is 0 Å². The lowest BCUT2D eigenvalue weighted by Crippen LogP contribution is -2.25. The molecule has 1 aliphatic heterocycles. The van der Waals surface area contributed by atoms with Gasteiger partial charge in [0, 0.05) is 31.8 Å². The first-order chi connectivity index (χ1) is 10.8. The minimum atomic E-state index is -0.00161. The first kappa shape index (κ1) is 14.5. The molecular formula is C17H20N4O. The fraction of sp³-hybridized carbons (Fsp3) is 0.353. The molecule has 1 amide bonds. The molecule has 2 aromatic rings. The molecule has 5 heteroatoms. The Hall–Kier alpha value is -2.43. The second-order valence-corrected chi connectivity index (χ2v) is 5.55. The number of amides is 1. The summed E-state index contributed by atoms with van der Waals surface area (Å²) in [5, 5.41) is 4.12. The maximum absolute atomic E-state index is 11.1. The van der Waals surface area contributed by atoms with E-state index in [-0.39, 0.29) is 5.91 Å². The van der Waals surface area contributed by atoms with Gasteiger partial charge in [-0.25, -0.2) is 10.4 Å². The highest BCUT2D eigenvalue weighted by Crippen LogP contribution is 2.13. The Bertz CT molecular complexity index is 644. The van der Waals surface area contributed by atoms with Crippen LogP contribution in [-0.2, 0) is 17.8 Å². The van der Waals surface area contributed by atoms with Crippen LogP contribution in [-0.4, -0.2) is 21.2 Å². The zero-order valence-electron chi connectivity index (χ0n) is 12.5. The van der Waals surface area contributed by atoms with Gasteiger partial charge in [-0.15, -0.1) is 0 Å². The molecule has 114 valence electrons. The molecule has 3 rings (SSSR count). The van der Waals surface area contributed by atoms with E-state index in [9.17, 15) is 4.79 Å². The first-order valence-electron chi connectivity index (χ1n) is 7.72. The van der Waals surface area contributed by atoms with Crippen LogP contribution in [0.15, 0.2) is 48.1 Å². The number of imidazole rings is 1. The highest BCUT2D eigenvalue weighted by Gasteiger charge is 2.12. The van der Waals surface area contributed by atoms with Crippen molar-refractivity contribution in [2.75, 3.05) is 0 Å². The molecule has 1 N–H and O–H groups in total. The van der Waals surface area contributed by atoms with Crippen molar-refractivity contribution in [3.8, 4) is 0 Å². The number of unbranched alkanes of at least 4 members (excludes halogenated alkanes) is 1. The standard InChI is InChI=1S/C17H20N4O/c22-17-9-8-16(19-20-17)15-6-4-14(5-7-15)3-1-2-11-21-12-10-18-13-21/h4-7,10,12-13H,1-3,8-9,11H2,(H,20,22). The molecular weight excluding hydrogens is 276 g/mol. The van der Waals surface area contributed by atoms with E-state index in [1.807, 2.05) is 18.7 Å². The maximum atomic E-state index is 11.1. The highest BCUT2D eigenvalue weighted by atomic mass is 16.2. The Labute approximate surface area is 130 Å². The van der Waals surface area contributed by atoms with Crippen LogP contribution in [0.5, 0.6) is 0 Å². The van der Waals surface area contributed by atoms with Crippen LogP contribution in [0.4, 0.5) is 0 Å². The summed E-state index contributed by atoms with van der Waals surface area (Å²) in [6, 6.07) is 8.51. The first-order valence-corrected chi connectivity index (χ1v) is 7.72. The molecule has 5 nitrogen and oxygen atoms in total. The Morgan fingerprint density at radius 3 is 2.68 bits per heavy atom. The predicted molar refractivity (Wildman–Crippen MR) is 85.5 cm³/mol. The molecule has 1 aromatic heterocycles. The second kappa shape index (κ2) is 7.02. The molecule has 22 heavy (non-hydrogen) atoms. The quantitative estimate of drug-likeness (QED) is 0.833. The molecule has 0 spiro atoms. The third kappa shape index (κ3) is 3.81. The summed E-state index contributed by atoms with van der Waals surface area (Å²) in [5.41, 5.74) is 5.95. The summed E-state index contributed by atoms with van der Waals surface area (Å²) in [5.74, 6) is -0.00161. The van der Waals surface area contributed by atoms with E-state index in [0.29, 0.717) is 6.42 Å². The van der Waals surface area contributed by atoms with Gasteiger partial charge in [0.1, 0.15) is 0 Å². The largest absolute Gasteiger partial charge is 0.337 e. The number of hydrogen-bond acceptors (Lipinski definition) is 3. The Kier molecular flexibility index (Phi) is 4.63. The van der Waals surface area contributed by atoms with Gasteiger partial charge in [-0.3, -0.25) is 4.79 Å².